The summed E-state index contributed by atoms with van der Waals surface area (Å²) >= 11 is 0. The second kappa shape index (κ2) is 8.66. The molecule has 156 valence electrons. The third kappa shape index (κ3) is 3.92. The van der Waals surface area contributed by atoms with Crippen LogP contribution in [0.15, 0.2) is 48.7 Å². The van der Waals surface area contributed by atoms with Crippen LogP contribution in [-0.2, 0) is 0 Å². The van der Waals surface area contributed by atoms with Crippen molar-refractivity contribution in [2.45, 2.75) is 27.2 Å². The first-order chi connectivity index (χ1) is 14.6. The van der Waals surface area contributed by atoms with E-state index in [-0.39, 0.29) is 5.91 Å². The Morgan fingerprint density at radius 1 is 1.10 bits per heavy atom. The van der Waals surface area contributed by atoms with Gasteiger partial charge in [0.05, 0.1) is 13.2 Å². The molecule has 0 atom stereocenters. The van der Waals surface area contributed by atoms with Crippen LogP contribution in [0.3, 0.4) is 0 Å². The van der Waals surface area contributed by atoms with Crippen molar-refractivity contribution in [3.63, 3.8) is 0 Å². The molecule has 0 spiro atoms. The molecule has 2 aromatic carbocycles. The number of fused-ring (bicyclic) bond motifs is 1. The molecule has 0 bridgehead atoms. The molecular weight excluding hydrogens is 376 g/mol. The van der Waals surface area contributed by atoms with Crippen molar-refractivity contribution in [1.82, 2.24) is 9.88 Å². The monoisotopic (exact) mass is 404 g/mol. The Morgan fingerprint density at radius 2 is 1.83 bits per heavy atom. The van der Waals surface area contributed by atoms with Gasteiger partial charge in [0.15, 0.2) is 0 Å². The van der Waals surface area contributed by atoms with Gasteiger partial charge in [-0.2, -0.15) is 0 Å². The van der Waals surface area contributed by atoms with Gasteiger partial charge in [-0.15, -0.1) is 0 Å². The smallest absolute Gasteiger partial charge is 0.254 e. The highest BCUT2D eigenvalue weighted by atomic mass is 16.5. The molecule has 0 unspecified atom stereocenters. The number of hydrogen-bond donors (Lipinski definition) is 1. The summed E-state index contributed by atoms with van der Waals surface area (Å²) in [5.41, 5.74) is 5.55. The van der Waals surface area contributed by atoms with Crippen molar-refractivity contribution < 1.29 is 14.3 Å². The molecule has 4 rings (SSSR count). The minimum atomic E-state index is 0.00239. The van der Waals surface area contributed by atoms with Crippen LogP contribution in [0.5, 0.6) is 11.5 Å². The van der Waals surface area contributed by atoms with Gasteiger partial charge in [-0.1, -0.05) is 24.3 Å². The number of ether oxygens (including phenoxy) is 2. The molecule has 1 aliphatic rings. The maximum Gasteiger partial charge on any atom is 0.254 e. The van der Waals surface area contributed by atoms with E-state index in [1.165, 1.54) is 27.6 Å². The fraction of sp³-hybridized carbons (Fsp3) is 0.320. The standard InChI is InChI=1S/C25H28N2O3/c1-4-29-20-13-19(14-21(15-20)30-5-2)25(28)27-11-9-18(10-12-27)23-16-26-24-17(3)7-6-8-22(23)24/h6-9,13-16,26H,4-5,10-12H2,1-3H3. The molecule has 0 saturated carbocycles. The fourth-order valence-electron chi connectivity index (χ4n) is 4.05. The van der Waals surface area contributed by atoms with Crippen LogP contribution in [0, 0.1) is 6.92 Å². The van der Waals surface area contributed by atoms with Crippen molar-refractivity contribution in [3.05, 3.63) is 65.4 Å². The molecule has 5 heteroatoms. The number of nitrogens with zero attached hydrogens (tertiary/aromatic N) is 1. The maximum absolute atomic E-state index is 13.1. The minimum absolute atomic E-state index is 0.00239. The number of nitrogens with one attached hydrogen (secondary N) is 1. The Bertz CT molecular complexity index is 1070. The number of carbonyl (C=O) groups is 1. The molecule has 2 heterocycles. The van der Waals surface area contributed by atoms with Crippen molar-refractivity contribution in [1.29, 1.82) is 0 Å². The molecule has 1 aromatic heterocycles. The van der Waals surface area contributed by atoms with Gasteiger partial charge >= 0.3 is 0 Å². The van der Waals surface area contributed by atoms with E-state index in [9.17, 15) is 4.79 Å². The molecular formula is C25H28N2O3. The van der Waals surface area contributed by atoms with Crippen molar-refractivity contribution in [3.8, 4) is 11.5 Å². The summed E-state index contributed by atoms with van der Waals surface area (Å²) < 4.78 is 11.2. The van der Waals surface area contributed by atoms with Crippen LogP contribution >= 0.6 is 0 Å². The third-order valence-electron chi connectivity index (χ3n) is 5.52. The first-order valence-electron chi connectivity index (χ1n) is 10.6. The second-order valence-electron chi connectivity index (χ2n) is 7.49. The summed E-state index contributed by atoms with van der Waals surface area (Å²) in [6.45, 7) is 8.34. The van der Waals surface area contributed by atoms with Crippen LogP contribution in [-0.4, -0.2) is 42.1 Å². The molecule has 3 aromatic rings. The van der Waals surface area contributed by atoms with Gasteiger partial charge in [-0.25, -0.2) is 0 Å². The Hall–Kier alpha value is -3.21. The van der Waals surface area contributed by atoms with E-state index in [2.05, 4.69) is 42.4 Å². The Labute approximate surface area is 177 Å². The summed E-state index contributed by atoms with van der Waals surface area (Å²) in [6.07, 6.45) is 5.08. The van der Waals surface area contributed by atoms with Gasteiger partial charge in [-0.3, -0.25) is 4.79 Å². The van der Waals surface area contributed by atoms with Gasteiger partial charge in [0.25, 0.3) is 5.91 Å². The lowest BCUT2D eigenvalue weighted by Crippen LogP contribution is -2.34. The number of hydrogen-bond acceptors (Lipinski definition) is 3. The molecule has 1 amide bonds. The molecule has 0 aliphatic carbocycles. The summed E-state index contributed by atoms with van der Waals surface area (Å²) in [7, 11) is 0. The Balaban J connectivity index is 1.55. The predicted octanol–water partition coefficient (Wildman–Crippen LogP) is 5.20. The van der Waals surface area contributed by atoms with E-state index in [0.717, 1.165) is 6.42 Å². The summed E-state index contributed by atoms with van der Waals surface area (Å²) in [6, 6.07) is 11.8. The second-order valence-corrected chi connectivity index (χ2v) is 7.49. The average molecular weight is 405 g/mol. The maximum atomic E-state index is 13.1. The lowest BCUT2D eigenvalue weighted by molar-refractivity contribution is 0.0772. The highest BCUT2D eigenvalue weighted by Gasteiger charge is 2.22. The number of carbonyl (C=O) groups excluding carboxylic acids is 1. The van der Waals surface area contributed by atoms with Gasteiger partial charge in [-0.05, 0) is 50.5 Å². The van der Waals surface area contributed by atoms with E-state index in [1.54, 1.807) is 12.1 Å². The van der Waals surface area contributed by atoms with Gasteiger partial charge in [0, 0.05) is 47.4 Å². The van der Waals surface area contributed by atoms with E-state index >= 15 is 0 Å². The topological polar surface area (TPSA) is 54.6 Å². The Kier molecular flexibility index (Phi) is 5.79. The van der Waals surface area contributed by atoms with E-state index in [0.29, 0.717) is 43.4 Å². The van der Waals surface area contributed by atoms with Crippen molar-refractivity contribution in [2.24, 2.45) is 0 Å². The zero-order valence-corrected chi connectivity index (χ0v) is 17.8. The zero-order valence-electron chi connectivity index (χ0n) is 17.8. The third-order valence-corrected chi connectivity index (χ3v) is 5.52. The summed E-state index contributed by atoms with van der Waals surface area (Å²) in [5.74, 6) is 1.32. The first-order valence-corrected chi connectivity index (χ1v) is 10.6. The lowest BCUT2D eigenvalue weighted by Gasteiger charge is -2.27. The van der Waals surface area contributed by atoms with E-state index < -0.39 is 0 Å². The van der Waals surface area contributed by atoms with Gasteiger partial charge in [0.1, 0.15) is 11.5 Å². The van der Waals surface area contributed by atoms with Gasteiger partial charge in [0.2, 0.25) is 0 Å². The van der Waals surface area contributed by atoms with E-state index in [4.69, 9.17) is 9.47 Å². The quantitative estimate of drug-likeness (QED) is 0.614. The normalized spacial score (nSPS) is 14.0. The SMILES string of the molecule is CCOc1cc(OCC)cc(C(=O)N2CC=C(c3c[nH]c4c(C)cccc34)CC2)c1. The number of benzene rings is 2. The van der Waals surface area contributed by atoms with E-state index in [1.807, 2.05) is 24.8 Å². The number of para-hydroxylation sites is 1. The predicted molar refractivity (Wildman–Crippen MR) is 120 cm³/mol. The molecule has 0 radical (unpaired) electrons. The highest BCUT2D eigenvalue weighted by Crippen LogP contribution is 2.31. The highest BCUT2D eigenvalue weighted by molar-refractivity contribution is 5.97. The van der Waals surface area contributed by atoms with Crippen molar-refractivity contribution in [2.75, 3.05) is 26.3 Å². The number of aromatic nitrogens is 1. The number of amides is 1. The molecule has 1 N–H and O–H groups in total. The molecule has 1 aliphatic heterocycles. The summed E-state index contributed by atoms with van der Waals surface area (Å²) in [5, 5.41) is 1.24. The zero-order chi connectivity index (χ0) is 21.1. The largest absolute Gasteiger partial charge is 0.494 e. The molecule has 5 nitrogen and oxygen atoms in total. The summed E-state index contributed by atoms with van der Waals surface area (Å²) in [4.78, 5) is 18.4. The van der Waals surface area contributed by atoms with Crippen LogP contribution in [0.2, 0.25) is 0 Å². The number of H-pyrrole nitrogens is 1. The minimum Gasteiger partial charge on any atom is -0.494 e. The first kappa shape index (κ1) is 20.1. The fourth-order valence-corrected chi connectivity index (χ4v) is 4.05. The van der Waals surface area contributed by atoms with Gasteiger partial charge < -0.3 is 19.4 Å². The molecule has 30 heavy (non-hydrogen) atoms. The van der Waals surface area contributed by atoms with Crippen LogP contribution < -0.4 is 9.47 Å². The number of aromatic amines is 1. The van der Waals surface area contributed by atoms with Crippen LogP contribution in [0.1, 0.15) is 41.8 Å². The van der Waals surface area contributed by atoms with Crippen LogP contribution in [0.4, 0.5) is 0 Å². The lowest BCUT2D eigenvalue weighted by atomic mass is 9.98. The number of aryl methyl sites for hydroxylation is 1. The number of rotatable bonds is 6. The molecule has 0 fully saturated rings. The van der Waals surface area contributed by atoms with Crippen LogP contribution in [0.25, 0.3) is 16.5 Å². The average Bonchev–Trinajstić information content (AvgIpc) is 3.19. The van der Waals surface area contributed by atoms with Crippen molar-refractivity contribution >= 4 is 22.4 Å². The molecule has 0 saturated heterocycles. The Morgan fingerprint density at radius 3 is 2.47 bits per heavy atom.